The lowest BCUT2D eigenvalue weighted by molar-refractivity contribution is -0.0571. The minimum Gasteiger partial charge on any atom is -0.375 e. The average molecular weight is 198 g/mol. The Morgan fingerprint density at radius 3 is 2.50 bits per heavy atom. The average Bonchev–Trinajstić information content (AvgIpc) is 1.94. The molecule has 2 N–H and O–H groups in total. The van der Waals surface area contributed by atoms with Crippen molar-refractivity contribution in [3.05, 3.63) is 0 Å². The van der Waals surface area contributed by atoms with Crippen LogP contribution >= 0.6 is 12.4 Å². The maximum atomic E-state index is 12.8. The molecule has 1 fully saturated rings. The summed E-state index contributed by atoms with van der Waals surface area (Å²) < 4.78 is 18.0. The van der Waals surface area contributed by atoms with E-state index in [0.717, 1.165) is 0 Å². The Bertz CT molecular complexity index is 134. The van der Waals surface area contributed by atoms with E-state index in [4.69, 9.17) is 10.5 Å². The fourth-order valence-electron chi connectivity index (χ4n) is 1.29. The summed E-state index contributed by atoms with van der Waals surface area (Å²) in [5.41, 5.74) is 5.55. The summed E-state index contributed by atoms with van der Waals surface area (Å²) in [6.07, 6.45) is -0.166. The summed E-state index contributed by atoms with van der Waals surface area (Å²) in [5.74, 6) is 0.438. The Balaban J connectivity index is 0.00000121. The second kappa shape index (κ2) is 5.00. The highest BCUT2D eigenvalue weighted by Gasteiger charge is 2.29. The highest BCUT2D eigenvalue weighted by atomic mass is 35.5. The van der Waals surface area contributed by atoms with Gasteiger partial charge in [0, 0.05) is 6.04 Å². The van der Waals surface area contributed by atoms with Gasteiger partial charge in [0.25, 0.3) is 0 Å². The van der Waals surface area contributed by atoms with Crippen molar-refractivity contribution in [2.45, 2.75) is 38.6 Å². The van der Waals surface area contributed by atoms with Gasteiger partial charge in [-0.25, -0.2) is 4.39 Å². The fourth-order valence-corrected chi connectivity index (χ4v) is 1.29. The molecule has 1 heterocycles. The normalized spacial score (nSPS) is 36.2. The van der Waals surface area contributed by atoms with Crippen molar-refractivity contribution in [3.8, 4) is 0 Å². The third kappa shape index (κ3) is 2.88. The predicted molar refractivity (Wildman–Crippen MR) is 49.3 cm³/mol. The van der Waals surface area contributed by atoms with Gasteiger partial charge in [-0.2, -0.15) is 0 Å². The molecule has 4 heteroatoms. The first-order chi connectivity index (χ1) is 5.11. The number of rotatable bonds is 1. The Hall–Kier alpha value is 0.140. The zero-order valence-electron chi connectivity index (χ0n) is 7.50. The van der Waals surface area contributed by atoms with E-state index in [9.17, 15) is 4.39 Å². The Labute approximate surface area is 79.1 Å². The van der Waals surface area contributed by atoms with E-state index in [1.807, 2.05) is 0 Å². The second-order valence-corrected chi connectivity index (χ2v) is 3.53. The van der Waals surface area contributed by atoms with Crippen LogP contribution in [0.15, 0.2) is 0 Å². The molecule has 0 bridgehead atoms. The topological polar surface area (TPSA) is 35.2 Å². The van der Waals surface area contributed by atoms with Crippen LogP contribution in [-0.2, 0) is 4.74 Å². The number of ether oxygens (including phenoxy) is 1. The molecule has 0 aromatic carbocycles. The smallest absolute Gasteiger partial charge is 0.138 e. The van der Waals surface area contributed by atoms with Crippen molar-refractivity contribution in [2.24, 2.45) is 11.7 Å². The monoisotopic (exact) mass is 197 g/mol. The van der Waals surface area contributed by atoms with Gasteiger partial charge in [0.05, 0.1) is 12.7 Å². The van der Waals surface area contributed by atoms with Gasteiger partial charge < -0.3 is 10.5 Å². The molecule has 3 atom stereocenters. The molecule has 1 aliphatic heterocycles. The molecule has 1 aliphatic rings. The van der Waals surface area contributed by atoms with Crippen LogP contribution in [0.25, 0.3) is 0 Å². The van der Waals surface area contributed by atoms with Crippen molar-refractivity contribution in [1.29, 1.82) is 0 Å². The Kier molecular flexibility index (Phi) is 5.06. The quantitative estimate of drug-likeness (QED) is 0.692. The van der Waals surface area contributed by atoms with Crippen molar-refractivity contribution >= 4 is 12.4 Å². The lowest BCUT2D eigenvalue weighted by Gasteiger charge is -2.32. The van der Waals surface area contributed by atoms with Crippen LogP contribution in [0.2, 0.25) is 0 Å². The summed E-state index contributed by atoms with van der Waals surface area (Å²) in [7, 11) is 0. The third-order valence-corrected chi connectivity index (χ3v) is 2.18. The standard InChI is InChI=1S/C8H16FNO.ClH/c1-5(2)8-3-7(10)6(9)4-11-8;/h5-8H,3-4,10H2,1-2H3;1H/t6-,7-,8+;/m1./s1. The molecular weight excluding hydrogens is 181 g/mol. The number of halogens is 2. The molecule has 1 saturated heterocycles. The summed E-state index contributed by atoms with van der Waals surface area (Å²) in [6, 6.07) is -0.323. The lowest BCUT2D eigenvalue weighted by Crippen LogP contribution is -2.45. The molecule has 2 nitrogen and oxygen atoms in total. The van der Waals surface area contributed by atoms with E-state index >= 15 is 0 Å². The van der Waals surface area contributed by atoms with E-state index in [2.05, 4.69) is 13.8 Å². The van der Waals surface area contributed by atoms with E-state index in [-0.39, 0.29) is 31.2 Å². The van der Waals surface area contributed by atoms with Gasteiger partial charge in [-0.3, -0.25) is 0 Å². The molecule has 0 amide bonds. The number of nitrogens with two attached hydrogens (primary N) is 1. The molecule has 0 spiro atoms. The third-order valence-electron chi connectivity index (χ3n) is 2.18. The van der Waals surface area contributed by atoms with Crippen LogP contribution in [0.1, 0.15) is 20.3 Å². The first kappa shape index (κ1) is 12.1. The number of hydrogen-bond donors (Lipinski definition) is 1. The molecule has 74 valence electrons. The lowest BCUT2D eigenvalue weighted by atomic mass is 9.95. The zero-order chi connectivity index (χ0) is 8.43. The van der Waals surface area contributed by atoms with Crippen LogP contribution in [0.5, 0.6) is 0 Å². The minimum absolute atomic E-state index is 0. The molecule has 1 rings (SSSR count). The Morgan fingerprint density at radius 2 is 2.08 bits per heavy atom. The van der Waals surface area contributed by atoms with Crippen molar-refractivity contribution < 1.29 is 9.13 Å². The molecule has 0 saturated carbocycles. The van der Waals surface area contributed by atoms with Gasteiger partial charge in [0.2, 0.25) is 0 Å². The zero-order valence-corrected chi connectivity index (χ0v) is 8.31. The fraction of sp³-hybridized carbons (Fsp3) is 1.00. The molecule has 0 aromatic heterocycles. The SMILES string of the molecule is CC(C)[C@@H]1C[C@@H](N)[C@H](F)CO1.Cl. The van der Waals surface area contributed by atoms with Crippen LogP contribution in [0, 0.1) is 5.92 Å². The van der Waals surface area contributed by atoms with E-state index < -0.39 is 6.17 Å². The molecule has 0 unspecified atom stereocenters. The van der Waals surface area contributed by atoms with Gasteiger partial charge in [-0.15, -0.1) is 12.4 Å². The summed E-state index contributed by atoms with van der Waals surface area (Å²) in [6.45, 7) is 4.30. The maximum Gasteiger partial charge on any atom is 0.138 e. The molecule has 12 heavy (non-hydrogen) atoms. The molecule has 0 aliphatic carbocycles. The van der Waals surface area contributed by atoms with Crippen LogP contribution < -0.4 is 5.73 Å². The minimum atomic E-state index is -0.968. The molecule has 0 aromatic rings. The summed E-state index contributed by atoms with van der Waals surface area (Å²) in [4.78, 5) is 0. The van der Waals surface area contributed by atoms with Crippen LogP contribution in [0.3, 0.4) is 0 Å². The number of alkyl halides is 1. The summed E-state index contributed by atoms with van der Waals surface area (Å²) in [5, 5.41) is 0. The molecule has 0 radical (unpaired) electrons. The summed E-state index contributed by atoms with van der Waals surface area (Å²) >= 11 is 0. The van der Waals surface area contributed by atoms with Gasteiger partial charge in [0.1, 0.15) is 6.17 Å². The predicted octanol–water partition coefficient (Wildman–Crippen LogP) is 1.52. The largest absolute Gasteiger partial charge is 0.375 e. The van der Waals surface area contributed by atoms with E-state index in [1.54, 1.807) is 0 Å². The van der Waals surface area contributed by atoms with Crippen molar-refractivity contribution in [3.63, 3.8) is 0 Å². The van der Waals surface area contributed by atoms with Crippen LogP contribution in [-0.4, -0.2) is 24.9 Å². The molecular formula is C8H17ClFNO. The van der Waals surface area contributed by atoms with Gasteiger partial charge in [0.15, 0.2) is 0 Å². The van der Waals surface area contributed by atoms with Gasteiger partial charge in [-0.05, 0) is 12.3 Å². The van der Waals surface area contributed by atoms with Crippen LogP contribution in [0.4, 0.5) is 4.39 Å². The van der Waals surface area contributed by atoms with Crippen molar-refractivity contribution in [1.82, 2.24) is 0 Å². The van der Waals surface area contributed by atoms with E-state index in [0.29, 0.717) is 12.3 Å². The highest BCUT2D eigenvalue weighted by molar-refractivity contribution is 5.85. The highest BCUT2D eigenvalue weighted by Crippen LogP contribution is 2.20. The second-order valence-electron chi connectivity index (χ2n) is 3.53. The Morgan fingerprint density at radius 1 is 1.50 bits per heavy atom. The van der Waals surface area contributed by atoms with Crippen molar-refractivity contribution in [2.75, 3.05) is 6.61 Å². The van der Waals surface area contributed by atoms with Gasteiger partial charge >= 0.3 is 0 Å². The first-order valence-corrected chi connectivity index (χ1v) is 4.12. The number of hydrogen-bond acceptors (Lipinski definition) is 2. The van der Waals surface area contributed by atoms with E-state index in [1.165, 1.54) is 0 Å². The first-order valence-electron chi connectivity index (χ1n) is 4.12. The van der Waals surface area contributed by atoms with Gasteiger partial charge in [-0.1, -0.05) is 13.8 Å². The maximum absolute atomic E-state index is 12.8.